The standard InChI is InChI=1S/C23H27ClFN3O/c24-22-14-20(25)7-6-18(22)16-28-17-19(21-4-1-2-5-23(21)28)15-26-8-3-9-27-10-12-29-13-11-27/h1-2,4-7,14,17,26H,3,8-13,15-16H2. The molecule has 6 heteroatoms. The first kappa shape index (κ1) is 20.4. The number of nitrogens with zero attached hydrogens (tertiary/aromatic N) is 2. The van der Waals surface area contributed by atoms with E-state index in [1.165, 1.54) is 23.1 Å². The SMILES string of the molecule is Fc1ccc(Cn2cc(CNCCCN3CCOCC3)c3ccccc32)c(Cl)c1. The van der Waals surface area contributed by atoms with Gasteiger partial charge in [0.25, 0.3) is 0 Å². The third-order valence-corrected chi connectivity index (χ3v) is 5.83. The molecule has 2 aromatic carbocycles. The van der Waals surface area contributed by atoms with Gasteiger partial charge in [-0.05, 0) is 48.8 Å². The molecule has 0 aliphatic carbocycles. The molecule has 0 unspecified atom stereocenters. The Hall–Kier alpha value is -1.92. The van der Waals surface area contributed by atoms with Gasteiger partial charge in [0.1, 0.15) is 5.82 Å². The van der Waals surface area contributed by atoms with E-state index < -0.39 is 0 Å². The summed E-state index contributed by atoms with van der Waals surface area (Å²) in [5, 5.41) is 5.29. The van der Waals surface area contributed by atoms with Crippen LogP contribution in [0.5, 0.6) is 0 Å². The number of hydrogen-bond donors (Lipinski definition) is 1. The molecule has 4 rings (SSSR count). The predicted octanol–water partition coefficient (Wildman–Crippen LogP) is 4.29. The van der Waals surface area contributed by atoms with Crippen LogP contribution in [0.25, 0.3) is 10.9 Å². The zero-order valence-corrected chi connectivity index (χ0v) is 17.3. The zero-order chi connectivity index (χ0) is 20.1. The van der Waals surface area contributed by atoms with Gasteiger partial charge in [-0.3, -0.25) is 4.90 Å². The lowest BCUT2D eigenvalue weighted by atomic mass is 10.2. The fraction of sp³-hybridized carbons (Fsp3) is 0.391. The number of rotatable bonds is 8. The van der Waals surface area contributed by atoms with Gasteiger partial charge in [-0.15, -0.1) is 0 Å². The Labute approximate surface area is 176 Å². The number of nitrogens with one attached hydrogen (secondary N) is 1. The lowest BCUT2D eigenvalue weighted by Gasteiger charge is -2.26. The number of aromatic nitrogens is 1. The van der Waals surface area contributed by atoms with Gasteiger partial charge in [-0.1, -0.05) is 35.9 Å². The lowest BCUT2D eigenvalue weighted by Crippen LogP contribution is -2.37. The maximum atomic E-state index is 13.4. The van der Waals surface area contributed by atoms with Gasteiger partial charge in [0, 0.05) is 48.3 Å². The van der Waals surface area contributed by atoms with Crippen LogP contribution in [0, 0.1) is 5.82 Å². The van der Waals surface area contributed by atoms with Crippen molar-refractivity contribution >= 4 is 22.5 Å². The Morgan fingerprint density at radius 2 is 1.90 bits per heavy atom. The number of fused-ring (bicyclic) bond motifs is 1. The fourth-order valence-electron chi connectivity index (χ4n) is 3.90. The predicted molar refractivity (Wildman–Crippen MR) is 116 cm³/mol. The van der Waals surface area contributed by atoms with Gasteiger partial charge in [0.15, 0.2) is 0 Å². The molecule has 0 radical (unpaired) electrons. The molecule has 4 nitrogen and oxygen atoms in total. The summed E-state index contributed by atoms with van der Waals surface area (Å²) in [4.78, 5) is 2.46. The van der Waals surface area contributed by atoms with Crippen LogP contribution in [-0.2, 0) is 17.8 Å². The summed E-state index contributed by atoms with van der Waals surface area (Å²) in [5.74, 6) is -0.307. The van der Waals surface area contributed by atoms with Gasteiger partial charge < -0.3 is 14.6 Å². The Balaban J connectivity index is 1.39. The van der Waals surface area contributed by atoms with E-state index in [1.807, 2.05) is 6.07 Å². The maximum Gasteiger partial charge on any atom is 0.124 e. The van der Waals surface area contributed by atoms with Crippen LogP contribution in [-0.4, -0.2) is 48.9 Å². The van der Waals surface area contributed by atoms with Crippen molar-refractivity contribution in [3.05, 3.63) is 70.6 Å². The lowest BCUT2D eigenvalue weighted by molar-refractivity contribution is 0.0374. The van der Waals surface area contributed by atoms with Crippen molar-refractivity contribution in [2.75, 3.05) is 39.4 Å². The summed E-state index contributed by atoms with van der Waals surface area (Å²) in [5.41, 5.74) is 3.35. The molecule has 0 bridgehead atoms. The summed E-state index contributed by atoms with van der Waals surface area (Å²) in [6.45, 7) is 7.33. The van der Waals surface area contributed by atoms with E-state index in [-0.39, 0.29) is 5.82 Å². The molecule has 0 atom stereocenters. The van der Waals surface area contributed by atoms with Crippen molar-refractivity contribution in [1.29, 1.82) is 0 Å². The van der Waals surface area contributed by atoms with E-state index in [4.69, 9.17) is 16.3 Å². The normalized spacial score (nSPS) is 15.2. The molecule has 3 aromatic rings. The highest BCUT2D eigenvalue weighted by atomic mass is 35.5. The minimum absolute atomic E-state index is 0.307. The van der Waals surface area contributed by atoms with Crippen LogP contribution in [0.4, 0.5) is 4.39 Å². The van der Waals surface area contributed by atoms with E-state index in [1.54, 1.807) is 6.07 Å². The van der Waals surface area contributed by atoms with Crippen LogP contribution >= 0.6 is 11.6 Å². The summed E-state index contributed by atoms with van der Waals surface area (Å²) >= 11 is 6.24. The van der Waals surface area contributed by atoms with Gasteiger partial charge in [0.05, 0.1) is 13.2 Å². The second-order valence-electron chi connectivity index (χ2n) is 7.52. The number of benzene rings is 2. The molecule has 1 aliphatic heterocycles. The Bertz CT molecular complexity index is 952. The van der Waals surface area contributed by atoms with Crippen LogP contribution in [0.2, 0.25) is 5.02 Å². The van der Waals surface area contributed by atoms with Crippen molar-refractivity contribution in [3.63, 3.8) is 0 Å². The molecule has 0 saturated carbocycles. The van der Waals surface area contributed by atoms with Crippen molar-refractivity contribution in [2.24, 2.45) is 0 Å². The Kier molecular flexibility index (Phi) is 6.82. The van der Waals surface area contributed by atoms with Crippen molar-refractivity contribution < 1.29 is 9.13 Å². The van der Waals surface area contributed by atoms with E-state index in [9.17, 15) is 4.39 Å². The number of halogens is 2. The van der Waals surface area contributed by atoms with Crippen molar-refractivity contribution in [2.45, 2.75) is 19.5 Å². The summed E-state index contributed by atoms with van der Waals surface area (Å²) in [7, 11) is 0. The van der Waals surface area contributed by atoms with Gasteiger partial charge in [-0.2, -0.15) is 0 Å². The molecular formula is C23H27ClFN3O. The smallest absolute Gasteiger partial charge is 0.124 e. The fourth-order valence-corrected chi connectivity index (χ4v) is 4.13. The van der Waals surface area contributed by atoms with Gasteiger partial charge >= 0.3 is 0 Å². The molecule has 1 fully saturated rings. The molecule has 29 heavy (non-hydrogen) atoms. The van der Waals surface area contributed by atoms with E-state index >= 15 is 0 Å². The highest BCUT2D eigenvalue weighted by molar-refractivity contribution is 6.31. The monoisotopic (exact) mass is 415 g/mol. The van der Waals surface area contributed by atoms with Crippen LogP contribution in [0.1, 0.15) is 17.5 Å². The molecule has 154 valence electrons. The minimum atomic E-state index is -0.307. The molecular weight excluding hydrogens is 389 g/mol. The van der Waals surface area contributed by atoms with E-state index in [0.29, 0.717) is 11.6 Å². The average molecular weight is 416 g/mol. The summed E-state index contributed by atoms with van der Waals surface area (Å²) < 4.78 is 20.9. The molecule has 1 N–H and O–H groups in total. The first-order valence-corrected chi connectivity index (χ1v) is 10.6. The first-order valence-electron chi connectivity index (χ1n) is 10.2. The quantitative estimate of drug-likeness (QED) is 0.556. The molecule has 2 heterocycles. The third-order valence-electron chi connectivity index (χ3n) is 5.47. The maximum absolute atomic E-state index is 13.4. The molecule has 1 aliphatic rings. The van der Waals surface area contributed by atoms with Crippen LogP contribution in [0.15, 0.2) is 48.7 Å². The Morgan fingerprint density at radius 1 is 1.07 bits per heavy atom. The Morgan fingerprint density at radius 3 is 2.72 bits per heavy atom. The highest BCUT2D eigenvalue weighted by Gasteiger charge is 2.11. The number of ether oxygens (including phenoxy) is 1. The second kappa shape index (κ2) is 9.72. The number of para-hydroxylation sites is 1. The molecule has 1 aromatic heterocycles. The van der Waals surface area contributed by atoms with Gasteiger partial charge in [-0.25, -0.2) is 4.39 Å². The largest absolute Gasteiger partial charge is 0.379 e. The third kappa shape index (κ3) is 5.17. The molecule has 0 spiro atoms. The van der Waals surface area contributed by atoms with Gasteiger partial charge in [0.2, 0.25) is 0 Å². The summed E-state index contributed by atoms with van der Waals surface area (Å²) in [6, 6.07) is 13.0. The van der Waals surface area contributed by atoms with E-state index in [0.717, 1.165) is 63.4 Å². The summed E-state index contributed by atoms with van der Waals surface area (Å²) in [6.07, 6.45) is 3.31. The second-order valence-corrected chi connectivity index (χ2v) is 7.93. The topological polar surface area (TPSA) is 29.4 Å². The van der Waals surface area contributed by atoms with Crippen molar-refractivity contribution in [1.82, 2.24) is 14.8 Å². The number of hydrogen-bond acceptors (Lipinski definition) is 3. The average Bonchev–Trinajstić information content (AvgIpc) is 3.08. The van der Waals surface area contributed by atoms with Crippen LogP contribution < -0.4 is 5.32 Å². The first-order chi connectivity index (χ1) is 14.2. The highest BCUT2D eigenvalue weighted by Crippen LogP contribution is 2.25. The molecule has 0 amide bonds. The molecule has 1 saturated heterocycles. The minimum Gasteiger partial charge on any atom is -0.379 e. The van der Waals surface area contributed by atoms with Crippen LogP contribution in [0.3, 0.4) is 0 Å². The number of morpholine rings is 1. The van der Waals surface area contributed by atoms with E-state index in [2.05, 4.69) is 39.2 Å². The zero-order valence-electron chi connectivity index (χ0n) is 16.5. The van der Waals surface area contributed by atoms with Crippen molar-refractivity contribution in [3.8, 4) is 0 Å².